The predicted molar refractivity (Wildman–Crippen MR) is 147 cm³/mol. The van der Waals surface area contributed by atoms with Gasteiger partial charge in [-0.15, -0.1) is 0 Å². The lowest BCUT2D eigenvalue weighted by molar-refractivity contribution is 0.0920. The number of hydrogen-bond donors (Lipinski definition) is 1. The molecule has 0 saturated heterocycles. The number of carbonyl (C=O) groups is 1. The summed E-state index contributed by atoms with van der Waals surface area (Å²) in [5.41, 5.74) is 4.74. The first kappa shape index (κ1) is 24.1. The van der Waals surface area contributed by atoms with Crippen LogP contribution in [0.4, 0.5) is 0 Å². The Morgan fingerprint density at radius 3 is 2.92 bits per heavy atom. The predicted octanol–water partition coefficient (Wildman–Crippen LogP) is 7.07. The lowest BCUT2D eigenvalue weighted by Crippen LogP contribution is -2.39. The minimum Gasteiger partial charge on any atom is -0.464 e. The molecule has 4 heterocycles. The van der Waals surface area contributed by atoms with E-state index < -0.39 is 0 Å². The van der Waals surface area contributed by atoms with Gasteiger partial charge in [0.25, 0.3) is 5.91 Å². The van der Waals surface area contributed by atoms with Crippen molar-refractivity contribution in [1.82, 2.24) is 24.8 Å². The summed E-state index contributed by atoms with van der Waals surface area (Å²) in [5.74, 6) is 1.40. The lowest BCUT2D eigenvalue weighted by Gasteiger charge is -2.32. The normalized spacial score (nSPS) is 18.2. The molecular formula is C28H28ClN5O2S. The zero-order valence-electron chi connectivity index (χ0n) is 20.8. The molecule has 1 aliphatic rings. The maximum Gasteiger partial charge on any atom is 0.280 e. The number of halogens is 1. The van der Waals surface area contributed by atoms with Gasteiger partial charge in [-0.25, -0.2) is 9.97 Å². The molecule has 0 radical (unpaired) electrons. The molecular weight excluding hydrogens is 506 g/mol. The fourth-order valence-electron chi connectivity index (χ4n) is 5.37. The molecule has 0 spiro atoms. The van der Waals surface area contributed by atoms with Gasteiger partial charge in [0.1, 0.15) is 21.3 Å². The molecule has 7 nitrogen and oxygen atoms in total. The molecule has 37 heavy (non-hydrogen) atoms. The third kappa shape index (κ3) is 4.88. The zero-order chi connectivity index (χ0) is 25.5. The number of nitrogens with zero attached hydrogens (tertiary/aromatic N) is 4. The molecule has 1 N–H and O–H groups in total. The maximum absolute atomic E-state index is 12.8. The van der Waals surface area contributed by atoms with Gasteiger partial charge in [0.15, 0.2) is 5.01 Å². The molecule has 0 unspecified atom stereocenters. The van der Waals surface area contributed by atoms with Crippen molar-refractivity contribution in [3.8, 4) is 11.3 Å². The molecule has 190 valence electrons. The van der Waals surface area contributed by atoms with E-state index in [0.717, 1.165) is 71.2 Å². The summed E-state index contributed by atoms with van der Waals surface area (Å²) >= 11 is 7.20. The van der Waals surface area contributed by atoms with Crippen molar-refractivity contribution in [3.05, 3.63) is 64.2 Å². The standard InChI is InChI=1S/C28H28ClN5O2S/c1-16(2)10-26-33-22-14-30-21(18-7-6-17-8-9-36-24(17)11-18)13-23(22)34(26)20-5-3-4-19(12-20)32-27(35)28-31-15-25(29)37-28/h6-9,11,13-16,19-20H,3-5,10,12H2,1-2H3,(H,32,35)/t19-,20+/m0/s1. The number of furan rings is 1. The van der Waals surface area contributed by atoms with Crippen LogP contribution in [0.2, 0.25) is 4.34 Å². The summed E-state index contributed by atoms with van der Waals surface area (Å²) < 4.78 is 8.55. The molecule has 6 rings (SSSR count). The van der Waals surface area contributed by atoms with Crippen LogP contribution < -0.4 is 5.32 Å². The van der Waals surface area contributed by atoms with Crippen LogP contribution in [0.3, 0.4) is 0 Å². The number of nitrogens with one attached hydrogen (secondary N) is 1. The number of imidazole rings is 1. The third-order valence-corrected chi connectivity index (χ3v) is 8.12. The van der Waals surface area contributed by atoms with Crippen molar-refractivity contribution < 1.29 is 9.21 Å². The van der Waals surface area contributed by atoms with Gasteiger partial charge in [0.2, 0.25) is 0 Å². The Morgan fingerprint density at radius 1 is 1.22 bits per heavy atom. The Bertz CT molecular complexity index is 1590. The van der Waals surface area contributed by atoms with Crippen molar-refractivity contribution in [2.45, 2.75) is 58.0 Å². The van der Waals surface area contributed by atoms with Gasteiger partial charge in [-0.3, -0.25) is 9.78 Å². The number of pyridine rings is 1. The molecule has 1 aliphatic carbocycles. The number of thiazole rings is 1. The second kappa shape index (κ2) is 9.91. The largest absolute Gasteiger partial charge is 0.464 e. The molecule has 1 saturated carbocycles. The number of amides is 1. The van der Waals surface area contributed by atoms with Crippen molar-refractivity contribution in [1.29, 1.82) is 0 Å². The number of fused-ring (bicyclic) bond motifs is 2. The molecule has 0 bridgehead atoms. The van der Waals surface area contributed by atoms with E-state index in [9.17, 15) is 4.79 Å². The van der Waals surface area contributed by atoms with Crippen molar-refractivity contribution >= 4 is 50.8 Å². The van der Waals surface area contributed by atoms with Gasteiger partial charge in [-0.2, -0.15) is 0 Å². The fraction of sp³-hybridized carbons (Fsp3) is 0.357. The Hall–Kier alpha value is -3.23. The summed E-state index contributed by atoms with van der Waals surface area (Å²) in [6.45, 7) is 4.43. The van der Waals surface area contributed by atoms with Crippen molar-refractivity contribution in [2.24, 2.45) is 5.92 Å². The highest BCUT2D eigenvalue weighted by Gasteiger charge is 2.29. The number of aromatic nitrogens is 4. The quantitative estimate of drug-likeness (QED) is 0.252. The SMILES string of the molecule is CC(C)Cc1nc2cnc(-c3ccc4ccoc4c3)cc2n1[C@@H]1CCC[C@H](NC(=O)c2ncc(Cl)s2)C1. The van der Waals surface area contributed by atoms with E-state index >= 15 is 0 Å². The van der Waals surface area contributed by atoms with Crippen LogP contribution in [-0.2, 0) is 6.42 Å². The van der Waals surface area contributed by atoms with Crippen LogP contribution in [0.1, 0.15) is 61.2 Å². The van der Waals surface area contributed by atoms with E-state index in [1.807, 2.05) is 18.3 Å². The molecule has 1 amide bonds. The Morgan fingerprint density at radius 2 is 2.11 bits per heavy atom. The van der Waals surface area contributed by atoms with E-state index in [1.54, 1.807) is 6.26 Å². The van der Waals surface area contributed by atoms with Crippen molar-refractivity contribution in [3.63, 3.8) is 0 Å². The maximum atomic E-state index is 12.8. The van der Waals surface area contributed by atoms with Crippen LogP contribution in [0, 0.1) is 5.92 Å². The van der Waals surface area contributed by atoms with Gasteiger partial charge < -0.3 is 14.3 Å². The van der Waals surface area contributed by atoms with Crippen LogP contribution in [-0.4, -0.2) is 31.5 Å². The summed E-state index contributed by atoms with van der Waals surface area (Å²) in [6, 6.07) is 10.6. The summed E-state index contributed by atoms with van der Waals surface area (Å²) in [4.78, 5) is 26.7. The van der Waals surface area contributed by atoms with Crippen LogP contribution in [0.15, 0.2) is 53.4 Å². The number of benzene rings is 1. The molecule has 1 aromatic carbocycles. The topological polar surface area (TPSA) is 85.8 Å². The van der Waals surface area contributed by atoms with E-state index in [4.69, 9.17) is 26.0 Å². The second-order valence-electron chi connectivity index (χ2n) is 10.2. The highest BCUT2D eigenvalue weighted by molar-refractivity contribution is 7.17. The van der Waals surface area contributed by atoms with Gasteiger partial charge in [0, 0.05) is 29.5 Å². The smallest absolute Gasteiger partial charge is 0.280 e. The minimum atomic E-state index is -0.153. The summed E-state index contributed by atoms with van der Waals surface area (Å²) in [5, 5.41) is 4.68. The van der Waals surface area contributed by atoms with E-state index in [0.29, 0.717) is 15.3 Å². The highest BCUT2D eigenvalue weighted by Crippen LogP contribution is 2.35. The number of hydrogen-bond acceptors (Lipinski definition) is 6. The first-order valence-corrected chi connectivity index (χ1v) is 13.9. The van der Waals surface area contributed by atoms with Crippen molar-refractivity contribution in [2.75, 3.05) is 0 Å². The zero-order valence-corrected chi connectivity index (χ0v) is 22.4. The Kier molecular flexibility index (Phi) is 6.46. The van der Waals surface area contributed by atoms with Gasteiger partial charge >= 0.3 is 0 Å². The van der Waals surface area contributed by atoms with Gasteiger partial charge in [0.05, 0.1) is 29.9 Å². The van der Waals surface area contributed by atoms with E-state index in [2.05, 4.69) is 46.9 Å². The average Bonchev–Trinajstić information content (AvgIpc) is 3.61. The van der Waals surface area contributed by atoms with E-state index in [-0.39, 0.29) is 18.0 Å². The first-order chi connectivity index (χ1) is 17.9. The average molecular weight is 534 g/mol. The molecule has 4 aromatic heterocycles. The van der Waals surface area contributed by atoms with E-state index in [1.165, 1.54) is 17.5 Å². The molecule has 1 fully saturated rings. The third-order valence-electron chi connectivity index (χ3n) is 7.01. The number of carbonyl (C=O) groups excluding carboxylic acids is 1. The monoisotopic (exact) mass is 533 g/mol. The Labute approximate surface area is 223 Å². The highest BCUT2D eigenvalue weighted by atomic mass is 35.5. The number of rotatable bonds is 6. The summed E-state index contributed by atoms with van der Waals surface area (Å²) in [7, 11) is 0. The second-order valence-corrected chi connectivity index (χ2v) is 11.8. The molecule has 0 aliphatic heterocycles. The first-order valence-electron chi connectivity index (χ1n) is 12.7. The summed E-state index contributed by atoms with van der Waals surface area (Å²) in [6.07, 6.45) is 9.86. The molecule has 5 aromatic rings. The Balaban J connectivity index is 1.34. The van der Waals surface area contributed by atoms with Gasteiger partial charge in [-0.1, -0.05) is 48.9 Å². The lowest BCUT2D eigenvalue weighted by atomic mass is 9.90. The van der Waals surface area contributed by atoms with Crippen LogP contribution >= 0.6 is 22.9 Å². The molecule has 2 atom stereocenters. The van der Waals surface area contributed by atoms with Gasteiger partial charge in [-0.05, 0) is 49.8 Å². The van der Waals surface area contributed by atoms with Crippen LogP contribution in [0.5, 0.6) is 0 Å². The molecule has 9 heteroatoms. The minimum absolute atomic E-state index is 0.0703. The fourth-order valence-corrected chi connectivity index (χ4v) is 6.19. The van der Waals surface area contributed by atoms with Crippen LogP contribution in [0.25, 0.3) is 33.3 Å².